The molecule has 4 heteroatoms. The van der Waals surface area contributed by atoms with Gasteiger partial charge in [-0.3, -0.25) is 0 Å². The molecular formula is C7H2O3S. The molecule has 0 amide bonds. The van der Waals surface area contributed by atoms with Gasteiger partial charge in [0.1, 0.15) is 10.3 Å². The molecule has 0 aromatic carbocycles. The van der Waals surface area contributed by atoms with Crippen LogP contribution in [0.4, 0.5) is 0 Å². The Morgan fingerprint density at radius 1 is 1.36 bits per heavy atom. The molecule has 0 saturated heterocycles. The molecule has 0 fully saturated rings. The Hall–Kier alpha value is -1.29. The molecule has 2 aromatic heterocycles. The van der Waals surface area contributed by atoms with Gasteiger partial charge >= 0.3 is 0 Å². The molecule has 0 unspecified atom stereocenters. The number of rotatable bonds is 0. The second-order valence-corrected chi connectivity index (χ2v) is 2.83. The zero-order chi connectivity index (χ0) is 7.59. The van der Waals surface area contributed by atoms with Crippen LogP contribution >= 0.6 is 12.2 Å². The third kappa shape index (κ3) is 0.416. The molecule has 0 saturated carbocycles. The first kappa shape index (κ1) is 5.37. The molecule has 54 valence electrons. The van der Waals surface area contributed by atoms with Crippen molar-refractivity contribution < 1.29 is 13.9 Å². The lowest BCUT2D eigenvalue weighted by atomic mass is 10.2. The predicted octanol–water partition coefficient (Wildman–Crippen LogP) is 1.81. The van der Waals surface area contributed by atoms with Crippen LogP contribution in [-0.4, -0.2) is 9.97 Å². The molecule has 11 heavy (non-hydrogen) atoms. The highest BCUT2D eigenvalue weighted by molar-refractivity contribution is 7.81. The van der Waals surface area contributed by atoms with Crippen molar-refractivity contribution in [3.05, 3.63) is 17.6 Å². The van der Waals surface area contributed by atoms with Crippen LogP contribution in [0.1, 0.15) is 11.5 Å². The van der Waals surface area contributed by atoms with Crippen molar-refractivity contribution in [2.24, 2.45) is 0 Å². The maximum absolute atomic E-state index is 9.15. The van der Waals surface area contributed by atoms with Gasteiger partial charge in [-0.2, -0.15) is 0 Å². The normalized spacial score (nSPS) is 14.0. The van der Waals surface area contributed by atoms with Crippen LogP contribution in [0.15, 0.2) is 14.9 Å². The van der Waals surface area contributed by atoms with Crippen molar-refractivity contribution in [2.45, 2.75) is 0 Å². The molecule has 3 nitrogen and oxygen atoms in total. The second kappa shape index (κ2) is 1.33. The number of hydrogen-bond acceptors (Lipinski definition) is 4. The minimum absolute atomic E-state index is 0.107. The highest BCUT2D eigenvalue weighted by Gasteiger charge is 2.30. The Morgan fingerprint density at radius 3 is 2.82 bits per heavy atom. The number of thiocarbonyl (C=S) groups is 1. The Balaban J connectivity index is 2.69. The van der Waals surface area contributed by atoms with E-state index in [0.29, 0.717) is 27.4 Å². The van der Waals surface area contributed by atoms with E-state index in [2.05, 4.69) is 0 Å². The van der Waals surface area contributed by atoms with Crippen LogP contribution in [0.25, 0.3) is 11.0 Å². The first-order chi connectivity index (χ1) is 5.27. The molecule has 1 aliphatic heterocycles. The molecule has 2 bridgehead atoms. The lowest BCUT2D eigenvalue weighted by Crippen LogP contribution is -1.90. The third-order valence-corrected chi connectivity index (χ3v) is 2.18. The second-order valence-electron chi connectivity index (χ2n) is 2.42. The van der Waals surface area contributed by atoms with Crippen molar-refractivity contribution in [2.75, 3.05) is 0 Å². The first-order valence-electron chi connectivity index (χ1n) is 3.07. The topological polar surface area (TPSA) is 46.5 Å². The summed E-state index contributed by atoms with van der Waals surface area (Å²) >= 11 is 4.96. The summed E-state index contributed by atoms with van der Waals surface area (Å²) in [6.07, 6.45) is 0. The fraction of sp³-hybridized carbons (Fsp3) is 0. The van der Waals surface area contributed by atoms with Gasteiger partial charge in [-0.15, -0.1) is 0 Å². The molecule has 2 aromatic rings. The lowest BCUT2D eigenvalue weighted by Gasteiger charge is -1.84. The fourth-order valence-corrected chi connectivity index (χ4v) is 1.52. The zero-order valence-electron chi connectivity index (χ0n) is 5.25. The van der Waals surface area contributed by atoms with Gasteiger partial charge in [-0.25, -0.2) is 0 Å². The van der Waals surface area contributed by atoms with Crippen LogP contribution in [0.5, 0.6) is 5.95 Å². The van der Waals surface area contributed by atoms with Gasteiger partial charge < -0.3 is 13.9 Å². The van der Waals surface area contributed by atoms with E-state index < -0.39 is 0 Å². The van der Waals surface area contributed by atoms with Crippen LogP contribution in [-0.2, 0) is 0 Å². The van der Waals surface area contributed by atoms with Crippen molar-refractivity contribution in [3.8, 4) is 5.95 Å². The molecule has 0 spiro atoms. The average molecular weight is 166 g/mol. The molecule has 1 aliphatic rings. The van der Waals surface area contributed by atoms with Gasteiger partial charge in [0, 0.05) is 6.07 Å². The minimum Gasteiger partial charge on any atom is -0.480 e. The summed E-state index contributed by atoms with van der Waals surface area (Å²) in [4.78, 5) is 0.549. The summed E-state index contributed by atoms with van der Waals surface area (Å²) in [5.41, 5.74) is 0.572. The van der Waals surface area contributed by atoms with E-state index in [1.54, 1.807) is 6.07 Å². The van der Waals surface area contributed by atoms with E-state index in [4.69, 9.17) is 26.2 Å². The minimum atomic E-state index is -0.107. The molecule has 3 rings (SSSR count). The Morgan fingerprint density at radius 2 is 2.18 bits per heavy atom. The van der Waals surface area contributed by atoms with Gasteiger partial charge in [-0.1, -0.05) is 12.2 Å². The molecule has 0 atom stereocenters. The van der Waals surface area contributed by atoms with E-state index in [0.717, 1.165) is 0 Å². The van der Waals surface area contributed by atoms with Crippen molar-refractivity contribution >= 4 is 28.1 Å². The number of furan rings is 2. The monoisotopic (exact) mass is 166 g/mol. The van der Waals surface area contributed by atoms with Crippen LogP contribution in [0.3, 0.4) is 0 Å². The van der Waals surface area contributed by atoms with Gasteiger partial charge in [0.25, 0.3) is 5.95 Å². The molecular weight excluding hydrogens is 164 g/mol. The largest absolute Gasteiger partial charge is 0.480 e. The third-order valence-electron chi connectivity index (χ3n) is 1.80. The van der Waals surface area contributed by atoms with Gasteiger partial charge in [-0.05, 0) is 0 Å². The first-order valence-corrected chi connectivity index (χ1v) is 3.48. The van der Waals surface area contributed by atoms with Crippen LogP contribution < -0.4 is 0 Å². The van der Waals surface area contributed by atoms with E-state index in [9.17, 15) is 0 Å². The molecule has 3 heterocycles. The van der Waals surface area contributed by atoms with E-state index in [-0.39, 0.29) is 5.95 Å². The summed E-state index contributed by atoms with van der Waals surface area (Å²) in [5.74, 6) is 0.999. The van der Waals surface area contributed by atoms with Crippen LogP contribution in [0, 0.1) is 0 Å². The van der Waals surface area contributed by atoms with E-state index >= 15 is 0 Å². The zero-order valence-corrected chi connectivity index (χ0v) is 6.07. The van der Waals surface area contributed by atoms with Crippen LogP contribution in [0.2, 0.25) is 0 Å². The number of aromatic hydroxyl groups is 1. The summed E-state index contributed by atoms with van der Waals surface area (Å²) in [7, 11) is 0. The van der Waals surface area contributed by atoms with E-state index in [1.807, 2.05) is 0 Å². The highest BCUT2D eigenvalue weighted by atomic mass is 32.1. The smallest absolute Gasteiger partial charge is 0.294 e. The number of fused-ring (bicyclic) bond motifs is 1. The average Bonchev–Trinajstić information content (AvgIpc) is 2.53. The van der Waals surface area contributed by atoms with Gasteiger partial charge in [0.05, 0.1) is 0 Å². The molecule has 1 N–H and O–H groups in total. The quantitative estimate of drug-likeness (QED) is 0.517. The molecule has 0 aliphatic carbocycles. The maximum atomic E-state index is 9.15. The van der Waals surface area contributed by atoms with E-state index in [1.165, 1.54) is 0 Å². The Bertz CT molecular complexity index is 477. The lowest BCUT2D eigenvalue weighted by molar-refractivity contribution is 0.336. The maximum Gasteiger partial charge on any atom is 0.294 e. The van der Waals surface area contributed by atoms with Gasteiger partial charge in [0.2, 0.25) is 0 Å². The van der Waals surface area contributed by atoms with Crippen molar-refractivity contribution in [1.82, 2.24) is 0 Å². The SMILES string of the molecule is Oc1oc2c3oc(cc13)C2=S. The summed E-state index contributed by atoms with van der Waals surface area (Å²) in [5, 5.41) is 9.76. The van der Waals surface area contributed by atoms with Crippen molar-refractivity contribution in [1.29, 1.82) is 0 Å². The Labute approximate surface area is 66.2 Å². The standard InChI is InChI=1S/C7H2O3S/c8-7-2-1-3-6(11)5(10-7)4(2)9-3/h1,8H. The number of hydrogen-bond donors (Lipinski definition) is 1. The summed E-state index contributed by atoms with van der Waals surface area (Å²) < 4.78 is 10.1. The summed E-state index contributed by atoms with van der Waals surface area (Å²) in [6, 6.07) is 1.68. The predicted molar refractivity (Wildman–Crippen MR) is 40.9 cm³/mol. The van der Waals surface area contributed by atoms with Crippen molar-refractivity contribution in [3.63, 3.8) is 0 Å². The Kier molecular flexibility index (Phi) is 0.651. The highest BCUT2D eigenvalue weighted by Crippen LogP contribution is 2.40. The fourth-order valence-electron chi connectivity index (χ4n) is 1.29. The summed E-state index contributed by atoms with van der Waals surface area (Å²) in [6.45, 7) is 0. The van der Waals surface area contributed by atoms with Gasteiger partial charge in [0.15, 0.2) is 17.1 Å². The molecule has 0 radical (unpaired) electrons.